The Morgan fingerprint density at radius 3 is 2.28 bits per heavy atom. The topological polar surface area (TPSA) is 88.4 Å². The molecule has 0 unspecified atom stereocenters. The Balaban J connectivity index is 2.10. The van der Waals surface area contributed by atoms with Crippen LogP contribution in [0.25, 0.3) is 5.69 Å². The van der Waals surface area contributed by atoms with Crippen LogP contribution in [0.3, 0.4) is 0 Å². The molecule has 3 rings (SSSR count). The molecule has 2 aromatic carbocycles. The summed E-state index contributed by atoms with van der Waals surface area (Å²) < 4.78 is 81.6. The van der Waals surface area contributed by atoms with Crippen LogP contribution in [-0.4, -0.2) is 24.1 Å². The minimum atomic E-state index is -4.72. The highest BCUT2D eigenvalue weighted by Gasteiger charge is 2.32. The Hall–Kier alpha value is -3.34. The second-order valence-corrected chi connectivity index (χ2v) is 7.55. The monoisotopic (exact) mass is 428 g/mol. The van der Waals surface area contributed by atoms with Crippen LogP contribution < -0.4 is 4.72 Å². The average Bonchev–Trinajstić information content (AvgIpc) is 3.15. The van der Waals surface area contributed by atoms with Gasteiger partial charge in [-0.25, -0.2) is 17.6 Å². The van der Waals surface area contributed by atoms with E-state index >= 15 is 0 Å². The van der Waals surface area contributed by atoms with Gasteiger partial charge in [-0.05, 0) is 48.5 Å². The van der Waals surface area contributed by atoms with Gasteiger partial charge in [0.2, 0.25) is 0 Å². The molecule has 0 aliphatic rings. The van der Waals surface area contributed by atoms with Crippen molar-refractivity contribution in [2.45, 2.75) is 11.1 Å². The number of alkyl halides is 3. The van der Waals surface area contributed by atoms with Gasteiger partial charge in [0.1, 0.15) is 5.82 Å². The molecule has 6 nitrogen and oxygen atoms in total. The standard InChI is InChI=1S/C18H12F4N2O4S/c19-14-5-4-12(10-13(14)17(25)26)29(27,28)23-15-9-11(18(20,21)22)3-6-16(15)24-7-1-2-8-24/h1-10,23H,(H,25,26). The number of aromatic carboxylic acids is 1. The lowest BCUT2D eigenvalue weighted by Crippen LogP contribution is -2.17. The van der Waals surface area contributed by atoms with Gasteiger partial charge in [-0.2, -0.15) is 13.2 Å². The fraction of sp³-hybridized carbons (Fsp3) is 0.0556. The third-order valence-electron chi connectivity index (χ3n) is 3.93. The molecule has 1 aromatic heterocycles. The number of carboxylic acid groups (broad SMARTS) is 1. The van der Waals surface area contributed by atoms with Crippen LogP contribution in [0.1, 0.15) is 15.9 Å². The second kappa shape index (κ2) is 7.24. The summed E-state index contributed by atoms with van der Waals surface area (Å²) in [6.07, 6.45) is -1.72. The first kappa shape index (κ1) is 20.4. The van der Waals surface area contributed by atoms with Gasteiger partial charge in [-0.1, -0.05) is 0 Å². The Bertz CT molecular complexity index is 1170. The molecule has 152 valence electrons. The summed E-state index contributed by atoms with van der Waals surface area (Å²) >= 11 is 0. The molecule has 0 amide bonds. The minimum absolute atomic E-state index is 0.104. The molecule has 0 spiro atoms. The number of nitrogens with one attached hydrogen (secondary N) is 1. The first-order valence-corrected chi connectivity index (χ1v) is 9.37. The van der Waals surface area contributed by atoms with Crippen molar-refractivity contribution in [2.75, 3.05) is 4.72 Å². The molecule has 11 heteroatoms. The third-order valence-corrected chi connectivity index (χ3v) is 5.29. The number of aromatic nitrogens is 1. The molecular formula is C18H12F4N2O4S. The zero-order valence-electron chi connectivity index (χ0n) is 14.3. The molecule has 2 N–H and O–H groups in total. The molecule has 0 aliphatic carbocycles. The quantitative estimate of drug-likeness (QED) is 0.598. The van der Waals surface area contributed by atoms with E-state index in [0.29, 0.717) is 18.2 Å². The number of benzene rings is 2. The van der Waals surface area contributed by atoms with Crippen molar-refractivity contribution in [1.82, 2.24) is 4.57 Å². The smallest absolute Gasteiger partial charge is 0.416 e. The van der Waals surface area contributed by atoms with Crippen molar-refractivity contribution in [3.63, 3.8) is 0 Å². The Kier molecular flexibility index (Phi) is 5.09. The van der Waals surface area contributed by atoms with E-state index in [0.717, 1.165) is 18.2 Å². The Morgan fingerprint density at radius 2 is 1.69 bits per heavy atom. The van der Waals surface area contributed by atoms with Gasteiger partial charge in [0.05, 0.1) is 27.4 Å². The molecule has 0 saturated carbocycles. The predicted octanol–water partition coefficient (Wildman–Crippen LogP) is 4.13. The number of halogens is 4. The molecule has 0 saturated heterocycles. The van der Waals surface area contributed by atoms with Crippen LogP contribution in [0.4, 0.5) is 23.2 Å². The lowest BCUT2D eigenvalue weighted by Gasteiger charge is -2.16. The van der Waals surface area contributed by atoms with Crippen molar-refractivity contribution in [2.24, 2.45) is 0 Å². The molecule has 1 heterocycles. The predicted molar refractivity (Wildman–Crippen MR) is 94.9 cm³/mol. The summed E-state index contributed by atoms with van der Waals surface area (Å²) in [6.45, 7) is 0. The fourth-order valence-corrected chi connectivity index (χ4v) is 3.64. The van der Waals surface area contributed by atoms with E-state index in [1.165, 1.54) is 17.0 Å². The second-order valence-electron chi connectivity index (χ2n) is 5.87. The summed E-state index contributed by atoms with van der Waals surface area (Å²) in [7, 11) is -4.52. The van der Waals surface area contributed by atoms with Crippen molar-refractivity contribution in [1.29, 1.82) is 0 Å². The summed E-state index contributed by atoms with van der Waals surface area (Å²) in [4.78, 5) is 10.4. The van der Waals surface area contributed by atoms with Crippen molar-refractivity contribution < 1.29 is 35.9 Å². The molecule has 0 fully saturated rings. The lowest BCUT2D eigenvalue weighted by atomic mass is 10.1. The first-order valence-electron chi connectivity index (χ1n) is 7.89. The number of nitrogens with zero attached hydrogens (tertiary/aromatic N) is 1. The van der Waals surface area contributed by atoms with E-state index < -0.39 is 49.7 Å². The maximum absolute atomic E-state index is 13.5. The van der Waals surface area contributed by atoms with E-state index in [1.54, 1.807) is 12.1 Å². The van der Waals surface area contributed by atoms with E-state index in [2.05, 4.69) is 0 Å². The number of anilines is 1. The van der Waals surface area contributed by atoms with Crippen molar-refractivity contribution in [3.05, 3.63) is 77.9 Å². The van der Waals surface area contributed by atoms with Crippen LogP contribution >= 0.6 is 0 Å². The number of carbonyl (C=O) groups is 1. The van der Waals surface area contributed by atoms with Gasteiger partial charge < -0.3 is 9.67 Å². The van der Waals surface area contributed by atoms with E-state index in [4.69, 9.17) is 5.11 Å². The van der Waals surface area contributed by atoms with Crippen LogP contribution in [0.5, 0.6) is 0 Å². The summed E-state index contributed by atoms with van der Waals surface area (Å²) in [6, 6.07) is 7.74. The lowest BCUT2D eigenvalue weighted by molar-refractivity contribution is -0.137. The molecule has 29 heavy (non-hydrogen) atoms. The van der Waals surface area contributed by atoms with E-state index in [9.17, 15) is 30.8 Å². The first-order chi connectivity index (χ1) is 13.5. The molecule has 0 bridgehead atoms. The molecule has 0 atom stereocenters. The van der Waals surface area contributed by atoms with Gasteiger partial charge >= 0.3 is 12.1 Å². The molecule has 0 radical (unpaired) electrons. The fourth-order valence-electron chi connectivity index (χ4n) is 2.55. The average molecular weight is 428 g/mol. The molecule has 3 aromatic rings. The van der Waals surface area contributed by atoms with Crippen molar-refractivity contribution in [3.8, 4) is 5.69 Å². The van der Waals surface area contributed by atoms with Gasteiger partial charge in [-0.3, -0.25) is 4.72 Å². The maximum atomic E-state index is 13.5. The van der Waals surface area contributed by atoms with E-state index in [-0.39, 0.29) is 5.69 Å². The maximum Gasteiger partial charge on any atom is 0.416 e. The normalized spacial score (nSPS) is 12.0. The summed E-state index contributed by atoms with van der Waals surface area (Å²) in [5.74, 6) is -2.84. The van der Waals surface area contributed by atoms with Crippen LogP contribution in [0, 0.1) is 5.82 Å². The summed E-state index contributed by atoms with van der Waals surface area (Å²) in [5, 5.41) is 8.96. The highest BCUT2D eigenvalue weighted by Crippen LogP contribution is 2.34. The van der Waals surface area contributed by atoms with Gasteiger partial charge in [-0.15, -0.1) is 0 Å². The Morgan fingerprint density at radius 1 is 1.03 bits per heavy atom. The Labute approximate surface area is 162 Å². The van der Waals surface area contributed by atoms with Gasteiger partial charge in [0, 0.05) is 12.4 Å². The number of rotatable bonds is 5. The zero-order valence-corrected chi connectivity index (χ0v) is 15.1. The number of carboxylic acids is 1. The number of sulfonamides is 1. The molecular weight excluding hydrogens is 416 g/mol. The largest absolute Gasteiger partial charge is 0.478 e. The van der Waals surface area contributed by atoms with Gasteiger partial charge in [0.25, 0.3) is 10.0 Å². The van der Waals surface area contributed by atoms with Crippen molar-refractivity contribution >= 4 is 21.7 Å². The molecule has 0 aliphatic heterocycles. The highest BCUT2D eigenvalue weighted by atomic mass is 32.2. The van der Waals surface area contributed by atoms with Crippen LogP contribution in [-0.2, 0) is 16.2 Å². The van der Waals surface area contributed by atoms with Gasteiger partial charge in [0.15, 0.2) is 0 Å². The third kappa shape index (κ3) is 4.24. The highest BCUT2D eigenvalue weighted by molar-refractivity contribution is 7.92. The van der Waals surface area contributed by atoms with E-state index in [1.807, 2.05) is 4.72 Å². The SMILES string of the molecule is O=C(O)c1cc(S(=O)(=O)Nc2cc(C(F)(F)F)ccc2-n2cccc2)ccc1F. The number of hydrogen-bond donors (Lipinski definition) is 2. The number of hydrogen-bond acceptors (Lipinski definition) is 3. The van der Waals surface area contributed by atoms with Crippen LogP contribution in [0.2, 0.25) is 0 Å². The zero-order chi connectivity index (χ0) is 21.4. The summed E-state index contributed by atoms with van der Waals surface area (Å²) in [5.41, 5.74) is -2.26. The van der Waals surface area contributed by atoms with Crippen LogP contribution in [0.15, 0.2) is 65.8 Å². The minimum Gasteiger partial charge on any atom is -0.478 e.